The molecule has 0 fully saturated rings. The van der Waals surface area contributed by atoms with Gasteiger partial charge in [-0.05, 0) is 227 Å². The molecule has 0 amide bonds. The molecular formula is C124H92N20. The van der Waals surface area contributed by atoms with Crippen molar-refractivity contribution in [2.75, 3.05) is 0 Å². The Morgan fingerprint density at radius 2 is 0.389 bits per heavy atom. The molecule has 0 atom stereocenters. The normalized spacial score (nSPS) is 11.2. The maximum Gasteiger partial charge on any atom is 0.200 e. The fourth-order valence-electron chi connectivity index (χ4n) is 19.2. The van der Waals surface area contributed by atoms with Gasteiger partial charge in [-0.15, -0.1) is 0 Å². The number of hydrogen-bond acceptors (Lipinski definition) is 12. The molecule has 0 saturated carbocycles. The highest BCUT2D eigenvalue weighted by molar-refractivity contribution is 6.13. The fraction of sp³-hybridized carbons (Fsp3) is 0.0968. The number of fused-ring (bicyclic) bond motifs is 12. The van der Waals surface area contributed by atoms with Gasteiger partial charge in [-0.25, -0.2) is 79.2 Å². The molecule has 24 aromatic rings. The Morgan fingerprint density at radius 1 is 0.167 bits per heavy atom. The molecule has 0 spiro atoms. The third kappa shape index (κ3) is 17.7. The molecule has 0 aliphatic carbocycles. The van der Waals surface area contributed by atoms with Gasteiger partial charge in [0, 0.05) is 110 Å². The summed E-state index contributed by atoms with van der Waals surface area (Å²) in [6.45, 7) is 55.8. The van der Waals surface area contributed by atoms with Crippen LogP contribution in [-0.4, -0.2) is 78.1 Å². The zero-order chi connectivity index (χ0) is 99.2. The van der Waals surface area contributed by atoms with E-state index < -0.39 is 0 Å². The zero-order valence-corrected chi connectivity index (χ0v) is 81.3. The first kappa shape index (κ1) is 91.2. The number of nitrogens with zero attached hydrogens (tertiary/aromatic N) is 20. The average Bonchev–Trinajstić information content (AvgIpc) is 1.60. The highest BCUT2D eigenvalue weighted by atomic mass is 15.1. The van der Waals surface area contributed by atoms with Gasteiger partial charge in [-0.1, -0.05) is 241 Å². The zero-order valence-electron chi connectivity index (χ0n) is 81.3. The molecule has 8 heterocycles. The second-order valence-corrected chi connectivity index (χ2v) is 36.3. The summed E-state index contributed by atoms with van der Waals surface area (Å²) >= 11 is 0. The van der Waals surface area contributed by atoms with Gasteiger partial charge in [-0.2, -0.15) is 0 Å². The lowest BCUT2D eigenvalue weighted by Gasteiger charge is -2.13. The molecule has 688 valence electrons. The Balaban J connectivity index is 0.000000114. The van der Waals surface area contributed by atoms with E-state index in [1.165, 1.54) is 87.6 Å². The second kappa shape index (κ2) is 38.2. The van der Waals surface area contributed by atoms with E-state index >= 15 is 0 Å². The molecule has 20 heteroatoms. The minimum Gasteiger partial charge on any atom is -0.311 e. The largest absolute Gasteiger partial charge is 0.311 e. The molecule has 8 aromatic heterocycles. The molecule has 144 heavy (non-hydrogen) atoms. The predicted octanol–water partition coefficient (Wildman–Crippen LogP) is 31.1. The fourth-order valence-corrected chi connectivity index (χ4v) is 19.2. The van der Waals surface area contributed by atoms with Gasteiger partial charge in [0.05, 0.1) is 70.4 Å². The summed E-state index contributed by atoms with van der Waals surface area (Å²) in [7, 11) is 0. The van der Waals surface area contributed by atoms with Crippen LogP contribution in [0.2, 0.25) is 0 Å². The lowest BCUT2D eigenvalue weighted by Crippen LogP contribution is -2.01. The molecule has 24 rings (SSSR count). The van der Waals surface area contributed by atoms with Gasteiger partial charge in [0.25, 0.3) is 0 Å². The maximum atomic E-state index is 8.12. The van der Waals surface area contributed by atoms with E-state index in [0.717, 1.165) is 100 Å². The van der Waals surface area contributed by atoms with Gasteiger partial charge in [0.2, 0.25) is 0 Å². The number of hydrogen-bond donors (Lipinski definition) is 0. The van der Waals surface area contributed by atoms with E-state index in [2.05, 4.69) is 275 Å². The molecule has 20 nitrogen and oxygen atoms in total. The van der Waals surface area contributed by atoms with Crippen LogP contribution in [0.3, 0.4) is 0 Å². The van der Waals surface area contributed by atoms with Crippen LogP contribution in [0.25, 0.3) is 220 Å². The van der Waals surface area contributed by atoms with Crippen LogP contribution in [-0.2, 0) is 0 Å². The van der Waals surface area contributed by atoms with Crippen molar-refractivity contribution in [3.8, 4) is 114 Å². The summed E-state index contributed by atoms with van der Waals surface area (Å²) in [5.74, 6) is 6.89. The first-order chi connectivity index (χ1) is 70.0. The smallest absolute Gasteiger partial charge is 0.200 e. The van der Waals surface area contributed by atoms with Crippen LogP contribution in [0.15, 0.2) is 340 Å². The van der Waals surface area contributed by atoms with E-state index in [0.29, 0.717) is 104 Å². The Hall–Kier alpha value is -19.3. The Labute approximate surface area is 832 Å². The van der Waals surface area contributed by atoms with Crippen molar-refractivity contribution in [1.82, 2.24) is 78.1 Å². The molecule has 0 aliphatic heterocycles. The molecule has 0 radical (unpaired) electrons. The van der Waals surface area contributed by atoms with Gasteiger partial charge in [0.15, 0.2) is 69.3 Å². The first-order valence-electron chi connectivity index (χ1n) is 47.3. The van der Waals surface area contributed by atoms with E-state index in [-0.39, 0.29) is 0 Å². The van der Waals surface area contributed by atoms with Gasteiger partial charge >= 0.3 is 0 Å². The third-order valence-electron chi connectivity index (χ3n) is 25.8. The highest BCUT2D eigenvalue weighted by Gasteiger charge is 2.25. The summed E-state index contributed by atoms with van der Waals surface area (Å²) in [6.07, 6.45) is 0. The predicted molar refractivity (Wildman–Crippen MR) is 582 cm³/mol. The van der Waals surface area contributed by atoms with Crippen molar-refractivity contribution in [3.63, 3.8) is 0 Å². The standard InChI is InChI=1S/2C36H25N5.2C26H21N5/c1-23-14-18-32-28(20-23)29-21-24(2)15-19-33(29)41(32)27-16-17-31(37-3)30(22-27)36-39-34(25-10-6-4-7-11-25)38-35(40-36)26-12-8-5-9-13-26;1-23-14-18-32-29(20-23)30-21-24(2)15-19-33(30)41(32)27-16-17-28(31(22-27)37-3)36-39-34(25-10-6-4-7-11-25)38-35(40-36)26-12-8-5-9-13-26;1-15-6-9-20-21-10-7-16(2)13-25(21)31(24(20)12-15)19-8-11-23(27-5)22(14-19)26-29-17(3)28-18(4)30-26;1-15-6-9-20-21-10-7-16(2)13-25(21)31(24(20)12-15)19-8-11-22(23(14-19)27-5)26-29-17(3)28-18(4)30-26/h2*4-22H,1-2H3;2*6-14H,1-4H3. The van der Waals surface area contributed by atoms with Gasteiger partial charge in [-0.3, -0.25) is 0 Å². The van der Waals surface area contributed by atoms with E-state index in [1.54, 1.807) is 0 Å². The van der Waals surface area contributed by atoms with Crippen molar-refractivity contribution in [3.05, 3.63) is 453 Å². The number of aryl methyl sites for hydroxylation is 12. The summed E-state index contributed by atoms with van der Waals surface area (Å²) < 4.78 is 9.01. The minimum absolute atomic E-state index is 0.470. The lowest BCUT2D eigenvalue weighted by atomic mass is 10.1. The van der Waals surface area contributed by atoms with Gasteiger partial charge in [0.1, 0.15) is 23.3 Å². The molecule has 0 aliphatic rings. The van der Waals surface area contributed by atoms with Crippen LogP contribution in [0, 0.1) is 109 Å². The molecule has 0 N–H and O–H groups in total. The summed E-state index contributed by atoms with van der Waals surface area (Å²) in [4.78, 5) is 70.9. The quantitative estimate of drug-likeness (QED) is 0.105. The molecule has 0 unspecified atom stereocenters. The van der Waals surface area contributed by atoms with Crippen molar-refractivity contribution in [2.24, 2.45) is 0 Å². The molecule has 16 aromatic carbocycles. The van der Waals surface area contributed by atoms with Crippen LogP contribution in [0.5, 0.6) is 0 Å². The maximum absolute atomic E-state index is 8.12. The molecule has 0 bridgehead atoms. The lowest BCUT2D eigenvalue weighted by molar-refractivity contribution is 0.928. The number of rotatable bonds is 12. The van der Waals surface area contributed by atoms with E-state index in [9.17, 15) is 0 Å². The van der Waals surface area contributed by atoms with Crippen LogP contribution < -0.4 is 0 Å². The van der Waals surface area contributed by atoms with Crippen molar-refractivity contribution >= 4 is 110 Å². The first-order valence-corrected chi connectivity index (χ1v) is 47.3. The van der Waals surface area contributed by atoms with Crippen molar-refractivity contribution < 1.29 is 0 Å². The number of aromatic nitrogens is 16. The van der Waals surface area contributed by atoms with Gasteiger partial charge < -0.3 is 18.3 Å². The highest BCUT2D eigenvalue weighted by Crippen LogP contribution is 2.45. The van der Waals surface area contributed by atoms with Crippen LogP contribution in [0.4, 0.5) is 22.7 Å². The van der Waals surface area contributed by atoms with E-state index in [4.69, 9.17) is 56.2 Å². The monoisotopic (exact) mass is 1860 g/mol. The molecule has 0 saturated heterocycles. The summed E-state index contributed by atoms with van der Waals surface area (Å²) in [6, 6.07) is 116. The van der Waals surface area contributed by atoms with Crippen molar-refractivity contribution in [1.29, 1.82) is 0 Å². The van der Waals surface area contributed by atoms with Crippen LogP contribution in [0.1, 0.15) is 67.8 Å². The second-order valence-electron chi connectivity index (χ2n) is 36.3. The minimum atomic E-state index is 0.470. The third-order valence-corrected chi connectivity index (χ3v) is 25.8. The summed E-state index contributed by atoms with van der Waals surface area (Å²) in [5, 5.41) is 9.65. The Morgan fingerprint density at radius 3 is 0.667 bits per heavy atom. The number of benzene rings is 16. The van der Waals surface area contributed by atoms with E-state index in [1.807, 2.05) is 216 Å². The topological polar surface area (TPSA) is 192 Å². The summed E-state index contributed by atoms with van der Waals surface area (Å²) in [5.41, 5.74) is 30.9. The Bertz CT molecular complexity index is 9080. The van der Waals surface area contributed by atoms with Crippen molar-refractivity contribution in [2.45, 2.75) is 83.1 Å². The van der Waals surface area contributed by atoms with Crippen LogP contribution >= 0.6 is 0 Å². The molecular weight excluding hydrogens is 1770 g/mol. The SMILES string of the molecule is [C-]#[N+]c1cc(-n2c3cc(C)ccc3c3ccc(C)cc32)ccc1-c1nc(C)nc(C)n1.[C-]#[N+]c1cc(-n2c3ccc(C)cc3c3cc(C)ccc32)ccc1-c1nc(-c2ccccc2)nc(-c2ccccc2)n1.[C-]#[N+]c1ccc(-n2c3cc(C)ccc3c3ccc(C)cc32)cc1-c1nc(C)nc(C)n1.[C-]#[N+]c1ccc(-n2c3ccc(C)cc3c3cc(C)ccc32)cc1-c1nc(-c2ccccc2)nc(-c2ccccc2)n1. The Kier molecular flexibility index (Phi) is 24.2. The average molecular weight is 1860 g/mol.